The Kier molecular flexibility index (Phi) is 6.03. The first-order valence-electron chi connectivity index (χ1n) is 8.53. The van der Waals surface area contributed by atoms with E-state index in [0.29, 0.717) is 5.56 Å². The highest BCUT2D eigenvalue weighted by atomic mass is 32.2. The molecular weight excluding hydrogens is 424 g/mol. The van der Waals surface area contributed by atoms with Crippen molar-refractivity contribution in [2.75, 3.05) is 0 Å². The van der Waals surface area contributed by atoms with E-state index < -0.39 is 35.7 Å². The van der Waals surface area contributed by atoms with Crippen LogP contribution in [0.25, 0.3) is 0 Å². The first-order valence-corrected chi connectivity index (χ1v) is 11.6. The van der Waals surface area contributed by atoms with Crippen LogP contribution in [0.2, 0.25) is 0 Å². The molecule has 152 valence electrons. The van der Waals surface area contributed by atoms with Crippen LogP contribution in [-0.4, -0.2) is 22.7 Å². The molecule has 0 fully saturated rings. The molecule has 30 heavy (non-hydrogen) atoms. The third kappa shape index (κ3) is 5.12. The summed E-state index contributed by atoms with van der Waals surface area (Å²) in [5, 5.41) is 5.07. The Morgan fingerprint density at radius 3 is 1.77 bits per heavy atom. The van der Waals surface area contributed by atoms with Gasteiger partial charge in [0.15, 0.2) is 0 Å². The summed E-state index contributed by atoms with van der Waals surface area (Å²) in [6.07, 6.45) is 0. The van der Waals surface area contributed by atoms with Gasteiger partial charge in [-0.15, -0.1) is 0 Å². The van der Waals surface area contributed by atoms with E-state index in [9.17, 15) is 21.6 Å². The van der Waals surface area contributed by atoms with Gasteiger partial charge in [0.2, 0.25) is 10.0 Å². The maximum Gasteiger partial charge on any atom is 0.265 e. The zero-order chi connectivity index (χ0) is 21.8. The summed E-state index contributed by atoms with van der Waals surface area (Å²) < 4.78 is 50.2. The standard InChI is InChI=1S/C21H16N2O5S2/c22-29(25,26)19-8-4-5-9-20(19)30(27,28)23-21(24)18-14-12-17(13-15-18)11-10-16-6-2-1-3-7-16/h1-9,12-15H,(H,23,24)(H2,22,25,26). The van der Waals surface area contributed by atoms with Crippen LogP contribution in [0.15, 0.2) is 88.7 Å². The van der Waals surface area contributed by atoms with Gasteiger partial charge in [0, 0.05) is 16.7 Å². The third-order valence-corrected chi connectivity index (χ3v) is 6.43. The molecule has 0 aromatic heterocycles. The Labute approximate surface area is 174 Å². The zero-order valence-corrected chi connectivity index (χ0v) is 17.1. The number of nitrogens with two attached hydrogens (primary N) is 1. The highest BCUT2D eigenvalue weighted by molar-refractivity contribution is 7.92. The molecule has 7 nitrogen and oxygen atoms in total. The van der Waals surface area contributed by atoms with E-state index in [-0.39, 0.29) is 5.56 Å². The minimum atomic E-state index is -4.46. The van der Waals surface area contributed by atoms with Gasteiger partial charge in [-0.25, -0.2) is 26.7 Å². The average Bonchev–Trinajstić information content (AvgIpc) is 2.72. The van der Waals surface area contributed by atoms with E-state index in [1.54, 1.807) is 12.1 Å². The number of sulfonamides is 2. The molecule has 9 heteroatoms. The Morgan fingerprint density at radius 2 is 1.20 bits per heavy atom. The van der Waals surface area contributed by atoms with Crippen LogP contribution in [0.1, 0.15) is 21.5 Å². The largest absolute Gasteiger partial charge is 0.268 e. The highest BCUT2D eigenvalue weighted by Gasteiger charge is 2.26. The fraction of sp³-hybridized carbons (Fsp3) is 0. The van der Waals surface area contributed by atoms with Crippen molar-refractivity contribution in [2.24, 2.45) is 5.14 Å². The van der Waals surface area contributed by atoms with Crippen molar-refractivity contribution < 1.29 is 21.6 Å². The second-order valence-electron chi connectivity index (χ2n) is 6.12. The van der Waals surface area contributed by atoms with Crippen molar-refractivity contribution in [3.8, 4) is 11.8 Å². The van der Waals surface area contributed by atoms with Gasteiger partial charge in [0.1, 0.15) is 9.79 Å². The van der Waals surface area contributed by atoms with E-state index in [4.69, 9.17) is 5.14 Å². The van der Waals surface area contributed by atoms with E-state index >= 15 is 0 Å². The molecule has 0 unspecified atom stereocenters. The molecule has 3 aromatic rings. The quantitative estimate of drug-likeness (QED) is 0.600. The van der Waals surface area contributed by atoms with Gasteiger partial charge in [0.25, 0.3) is 15.9 Å². The highest BCUT2D eigenvalue weighted by Crippen LogP contribution is 2.19. The number of carbonyl (C=O) groups excluding carboxylic acids is 1. The molecule has 3 rings (SSSR count). The molecule has 0 heterocycles. The number of carbonyl (C=O) groups is 1. The Hall–Kier alpha value is -3.45. The summed E-state index contributed by atoms with van der Waals surface area (Å²) in [6.45, 7) is 0. The SMILES string of the molecule is NS(=O)(=O)c1ccccc1S(=O)(=O)NC(=O)c1ccc(C#Cc2ccccc2)cc1. The smallest absolute Gasteiger partial charge is 0.265 e. The van der Waals surface area contributed by atoms with Crippen molar-refractivity contribution in [2.45, 2.75) is 9.79 Å². The van der Waals surface area contributed by atoms with Crippen LogP contribution < -0.4 is 9.86 Å². The molecule has 1 amide bonds. The van der Waals surface area contributed by atoms with Crippen LogP contribution in [0, 0.1) is 11.8 Å². The van der Waals surface area contributed by atoms with E-state index in [1.807, 2.05) is 35.1 Å². The lowest BCUT2D eigenvalue weighted by molar-refractivity contribution is 0.0981. The number of benzene rings is 3. The predicted molar refractivity (Wildman–Crippen MR) is 111 cm³/mol. The molecule has 0 aliphatic heterocycles. The minimum absolute atomic E-state index is 0.0666. The van der Waals surface area contributed by atoms with Crippen LogP contribution in [0.5, 0.6) is 0 Å². The van der Waals surface area contributed by atoms with Gasteiger partial charge in [-0.2, -0.15) is 0 Å². The normalized spacial score (nSPS) is 11.2. The molecular formula is C21H16N2O5S2. The van der Waals surface area contributed by atoms with Crippen molar-refractivity contribution in [1.29, 1.82) is 0 Å². The number of rotatable bonds is 4. The number of nitrogens with one attached hydrogen (secondary N) is 1. The van der Waals surface area contributed by atoms with E-state index in [0.717, 1.165) is 17.7 Å². The summed E-state index contributed by atoms with van der Waals surface area (Å²) in [6, 6.07) is 20.1. The Bertz CT molecular complexity index is 1350. The Balaban J connectivity index is 1.81. The first kappa shape index (κ1) is 21.3. The van der Waals surface area contributed by atoms with E-state index in [2.05, 4.69) is 11.8 Å². The molecule has 3 N–H and O–H groups in total. The van der Waals surface area contributed by atoms with Gasteiger partial charge >= 0.3 is 0 Å². The fourth-order valence-corrected chi connectivity index (χ4v) is 4.87. The number of primary sulfonamides is 1. The van der Waals surface area contributed by atoms with Gasteiger partial charge < -0.3 is 0 Å². The van der Waals surface area contributed by atoms with E-state index in [1.165, 1.54) is 24.3 Å². The van der Waals surface area contributed by atoms with Crippen molar-refractivity contribution in [3.63, 3.8) is 0 Å². The lowest BCUT2D eigenvalue weighted by atomic mass is 10.1. The van der Waals surface area contributed by atoms with Crippen LogP contribution in [0.3, 0.4) is 0 Å². The summed E-state index contributed by atoms with van der Waals surface area (Å²) in [5.74, 6) is 5.00. The van der Waals surface area contributed by atoms with Crippen LogP contribution in [-0.2, 0) is 20.0 Å². The van der Waals surface area contributed by atoms with Gasteiger partial charge in [0.05, 0.1) is 0 Å². The molecule has 0 aliphatic rings. The summed E-state index contributed by atoms with van der Waals surface area (Å²) >= 11 is 0. The molecule has 0 spiro atoms. The maximum atomic E-state index is 12.5. The molecule has 0 aliphatic carbocycles. The fourth-order valence-electron chi connectivity index (χ4n) is 2.51. The lowest BCUT2D eigenvalue weighted by Crippen LogP contribution is -2.32. The van der Waals surface area contributed by atoms with Crippen LogP contribution >= 0.6 is 0 Å². The maximum absolute atomic E-state index is 12.5. The molecule has 0 saturated carbocycles. The van der Waals surface area contributed by atoms with Crippen LogP contribution in [0.4, 0.5) is 0 Å². The number of hydrogen-bond acceptors (Lipinski definition) is 5. The van der Waals surface area contributed by atoms with Gasteiger partial charge in [-0.1, -0.05) is 42.2 Å². The second kappa shape index (κ2) is 8.51. The van der Waals surface area contributed by atoms with Crippen molar-refractivity contribution >= 4 is 26.0 Å². The summed E-state index contributed by atoms with van der Waals surface area (Å²) in [7, 11) is -8.76. The number of hydrogen-bond donors (Lipinski definition) is 2. The number of amides is 1. The van der Waals surface area contributed by atoms with Gasteiger partial charge in [-0.05, 0) is 48.5 Å². The molecule has 3 aromatic carbocycles. The monoisotopic (exact) mass is 440 g/mol. The molecule has 0 bridgehead atoms. The lowest BCUT2D eigenvalue weighted by Gasteiger charge is -2.10. The topological polar surface area (TPSA) is 123 Å². The molecule has 0 saturated heterocycles. The molecule has 0 atom stereocenters. The first-order chi connectivity index (χ1) is 14.2. The van der Waals surface area contributed by atoms with Gasteiger partial charge in [-0.3, -0.25) is 4.79 Å². The third-order valence-electron chi connectivity index (χ3n) is 3.94. The summed E-state index contributed by atoms with van der Waals surface area (Å²) in [5.41, 5.74) is 1.54. The zero-order valence-electron chi connectivity index (χ0n) is 15.4. The Morgan fingerprint density at radius 1 is 0.700 bits per heavy atom. The minimum Gasteiger partial charge on any atom is -0.268 e. The van der Waals surface area contributed by atoms with Crippen molar-refractivity contribution in [3.05, 3.63) is 95.6 Å². The second-order valence-corrected chi connectivity index (χ2v) is 9.30. The summed E-state index contributed by atoms with van der Waals surface area (Å²) in [4.78, 5) is 11.2. The predicted octanol–water partition coefficient (Wildman–Crippen LogP) is 1.85. The van der Waals surface area contributed by atoms with Crippen molar-refractivity contribution in [1.82, 2.24) is 4.72 Å². The molecule has 0 radical (unpaired) electrons. The average molecular weight is 441 g/mol.